The minimum absolute atomic E-state index is 0.0496. The van der Waals surface area contributed by atoms with E-state index in [1.807, 2.05) is 26.2 Å². The van der Waals surface area contributed by atoms with E-state index in [0.717, 1.165) is 24.4 Å². The van der Waals surface area contributed by atoms with Gasteiger partial charge in [-0.15, -0.1) is 0 Å². The van der Waals surface area contributed by atoms with Crippen molar-refractivity contribution in [1.29, 1.82) is 0 Å². The number of hydrogen-bond donors (Lipinski definition) is 0. The quantitative estimate of drug-likeness (QED) is 0.763. The van der Waals surface area contributed by atoms with E-state index in [0.29, 0.717) is 12.3 Å². The lowest BCUT2D eigenvalue weighted by molar-refractivity contribution is 0.0518. The summed E-state index contributed by atoms with van der Waals surface area (Å²) >= 11 is 0. The van der Waals surface area contributed by atoms with Crippen molar-refractivity contribution in [2.75, 3.05) is 25.7 Å². The molecule has 128 valence electrons. The van der Waals surface area contributed by atoms with Crippen LogP contribution in [0.25, 0.3) is 0 Å². The number of anilines is 1. The number of benzene rings is 1. The van der Waals surface area contributed by atoms with E-state index in [4.69, 9.17) is 9.47 Å². The third kappa shape index (κ3) is 2.72. The second-order valence-electron chi connectivity index (χ2n) is 6.05. The Morgan fingerprint density at radius 2 is 2.00 bits per heavy atom. The van der Waals surface area contributed by atoms with Crippen LogP contribution in [0.3, 0.4) is 0 Å². The summed E-state index contributed by atoms with van der Waals surface area (Å²) in [4.78, 5) is 14.1. The highest BCUT2D eigenvalue weighted by Crippen LogP contribution is 2.52. The lowest BCUT2D eigenvalue weighted by Crippen LogP contribution is -2.33. The molecule has 0 aliphatic heterocycles. The fourth-order valence-corrected chi connectivity index (χ4v) is 3.13. The highest BCUT2D eigenvalue weighted by Gasteiger charge is 2.49. The zero-order valence-corrected chi connectivity index (χ0v) is 14.6. The van der Waals surface area contributed by atoms with E-state index in [-0.39, 0.29) is 11.5 Å². The van der Waals surface area contributed by atoms with E-state index >= 15 is 0 Å². The van der Waals surface area contributed by atoms with Crippen LogP contribution in [-0.2, 0) is 17.3 Å². The standard InChI is InChI=1S/C18H23N3O3/c1-5-24-17(22)15-12-16(21(3)19-15)20(2)18(10-11-18)13-6-8-14(23-4)9-7-13/h6-9,12H,5,10-11H2,1-4H3. The number of carbonyl (C=O) groups is 1. The number of rotatable bonds is 6. The van der Waals surface area contributed by atoms with Crippen LogP contribution in [0, 0.1) is 0 Å². The highest BCUT2D eigenvalue weighted by atomic mass is 16.5. The summed E-state index contributed by atoms with van der Waals surface area (Å²) < 4.78 is 12.0. The van der Waals surface area contributed by atoms with Gasteiger partial charge >= 0.3 is 5.97 Å². The molecule has 2 aromatic rings. The van der Waals surface area contributed by atoms with Gasteiger partial charge in [-0.2, -0.15) is 5.10 Å². The maximum absolute atomic E-state index is 11.9. The SMILES string of the molecule is CCOC(=O)c1cc(N(C)C2(c3ccc(OC)cc3)CC2)n(C)n1. The molecule has 1 fully saturated rings. The molecule has 0 unspecified atom stereocenters. The second-order valence-corrected chi connectivity index (χ2v) is 6.05. The number of aromatic nitrogens is 2. The molecule has 0 spiro atoms. The van der Waals surface area contributed by atoms with Crippen LogP contribution in [0.4, 0.5) is 5.82 Å². The van der Waals surface area contributed by atoms with E-state index in [2.05, 4.69) is 22.1 Å². The van der Waals surface area contributed by atoms with Crippen molar-refractivity contribution in [2.45, 2.75) is 25.3 Å². The van der Waals surface area contributed by atoms with Crippen molar-refractivity contribution in [3.63, 3.8) is 0 Å². The van der Waals surface area contributed by atoms with Gasteiger partial charge in [0.1, 0.15) is 11.6 Å². The summed E-state index contributed by atoms with van der Waals surface area (Å²) in [5, 5.41) is 4.29. The largest absolute Gasteiger partial charge is 0.497 e. The lowest BCUT2D eigenvalue weighted by atomic mass is 10.0. The summed E-state index contributed by atoms with van der Waals surface area (Å²) in [5.41, 5.74) is 1.53. The zero-order valence-electron chi connectivity index (χ0n) is 14.6. The Labute approximate surface area is 142 Å². The molecule has 0 radical (unpaired) electrons. The van der Waals surface area contributed by atoms with Gasteiger partial charge in [-0.1, -0.05) is 12.1 Å². The molecule has 3 rings (SSSR count). The molecule has 1 aliphatic rings. The van der Waals surface area contributed by atoms with Crippen LogP contribution in [-0.4, -0.2) is 36.5 Å². The number of aryl methyl sites for hydroxylation is 1. The molecule has 1 saturated carbocycles. The second kappa shape index (κ2) is 6.19. The summed E-state index contributed by atoms with van der Waals surface area (Å²) in [6.45, 7) is 2.13. The molecule has 24 heavy (non-hydrogen) atoms. The first kappa shape index (κ1) is 16.4. The van der Waals surface area contributed by atoms with Crippen molar-refractivity contribution in [2.24, 2.45) is 7.05 Å². The molecule has 0 N–H and O–H groups in total. The Bertz CT molecular complexity index is 732. The normalized spacial score (nSPS) is 15.0. The van der Waals surface area contributed by atoms with Crippen LogP contribution in [0.5, 0.6) is 5.75 Å². The first-order valence-corrected chi connectivity index (χ1v) is 8.11. The van der Waals surface area contributed by atoms with Crippen LogP contribution in [0.1, 0.15) is 35.8 Å². The third-order valence-electron chi connectivity index (χ3n) is 4.68. The molecule has 1 heterocycles. The number of methoxy groups -OCH3 is 1. The van der Waals surface area contributed by atoms with Crippen molar-refractivity contribution in [3.05, 3.63) is 41.6 Å². The van der Waals surface area contributed by atoms with Crippen LogP contribution in [0.2, 0.25) is 0 Å². The van der Waals surface area contributed by atoms with Crippen LogP contribution < -0.4 is 9.64 Å². The number of ether oxygens (including phenoxy) is 2. The average Bonchev–Trinajstić information content (AvgIpc) is 3.31. The molecular formula is C18H23N3O3. The number of esters is 1. The van der Waals surface area contributed by atoms with E-state index in [1.165, 1.54) is 5.56 Å². The third-order valence-corrected chi connectivity index (χ3v) is 4.68. The van der Waals surface area contributed by atoms with Crippen LogP contribution >= 0.6 is 0 Å². The Morgan fingerprint density at radius 3 is 2.54 bits per heavy atom. The molecule has 6 heteroatoms. The number of hydrogen-bond acceptors (Lipinski definition) is 5. The number of carbonyl (C=O) groups excluding carboxylic acids is 1. The highest BCUT2D eigenvalue weighted by molar-refractivity contribution is 5.88. The van der Waals surface area contributed by atoms with Crippen molar-refractivity contribution >= 4 is 11.8 Å². The Kier molecular flexibility index (Phi) is 4.22. The molecule has 1 aliphatic carbocycles. The molecule has 0 bridgehead atoms. The zero-order chi connectivity index (χ0) is 17.3. The van der Waals surface area contributed by atoms with Crippen molar-refractivity contribution < 1.29 is 14.3 Å². The molecular weight excluding hydrogens is 306 g/mol. The minimum Gasteiger partial charge on any atom is -0.497 e. The molecule has 1 aromatic carbocycles. The fourth-order valence-electron chi connectivity index (χ4n) is 3.13. The maximum Gasteiger partial charge on any atom is 0.358 e. The van der Waals surface area contributed by atoms with Gasteiger partial charge in [0.2, 0.25) is 0 Å². The maximum atomic E-state index is 11.9. The monoisotopic (exact) mass is 329 g/mol. The van der Waals surface area contributed by atoms with Gasteiger partial charge in [-0.3, -0.25) is 4.68 Å². The first-order chi connectivity index (χ1) is 11.5. The van der Waals surface area contributed by atoms with Crippen LogP contribution in [0.15, 0.2) is 30.3 Å². The van der Waals surface area contributed by atoms with E-state index < -0.39 is 0 Å². The summed E-state index contributed by atoms with van der Waals surface area (Å²) in [6, 6.07) is 9.96. The fraction of sp³-hybridized carbons (Fsp3) is 0.444. The summed E-state index contributed by atoms with van der Waals surface area (Å²) in [5.74, 6) is 1.36. The lowest BCUT2D eigenvalue weighted by Gasteiger charge is -2.30. The van der Waals surface area contributed by atoms with Gasteiger partial charge in [-0.25, -0.2) is 4.79 Å². The molecule has 1 aromatic heterocycles. The summed E-state index contributed by atoms with van der Waals surface area (Å²) in [6.07, 6.45) is 2.13. The molecule has 0 saturated heterocycles. The Balaban J connectivity index is 1.88. The van der Waals surface area contributed by atoms with Gasteiger partial charge in [0, 0.05) is 20.2 Å². The first-order valence-electron chi connectivity index (χ1n) is 8.11. The van der Waals surface area contributed by atoms with E-state index in [9.17, 15) is 4.79 Å². The average molecular weight is 329 g/mol. The molecule has 0 atom stereocenters. The van der Waals surface area contributed by atoms with Gasteiger partial charge in [-0.05, 0) is 37.5 Å². The van der Waals surface area contributed by atoms with Gasteiger partial charge in [0.25, 0.3) is 0 Å². The smallest absolute Gasteiger partial charge is 0.358 e. The molecule has 0 amide bonds. The van der Waals surface area contributed by atoms with E-state index in [1.54, 1.807) is 24.8 Å². The topological polar surface area (TPSA) is 56.6 Å². The minimum atomic E-state index is -0.387. The van der Waals surface area contributed by atoms with Gasteiger partial charge in [0.15, 0.2) is 5.69 Å². The Hall–Kier alpha value is -2.50. The predicted octanol–water partition coefficient (Wildman–Crippen LogP) is 2.73. The van der Waals surface area contributed by atoms with Crippen molar-refractivity contribution in [1.82, 2.24) is 9.78 Å². The number of nitrogens with zero attached hydrogens (tertiary/aromatic N) is 3. The predicted molar refractivity (Wildman–Crippen MR) is 91.5 cm³/mol. The summed E-state index contributed by atoms with van der Waals surface area (Å²) in [7, 11) is 5.56. The van der Waals surface area contributed by atoms with Gasteiger partial charge < -0.3 is 14.4 Å². The molecule has 6 nitrogen and oxygen atoms in total. The van der Waals surface area contributed by atoms with Gasteiger partial charge in [0.05, 0.1) is 19.3 Å². The van der Waals surface area contributed by atoms with Crippen molar-refractivity contribution in [3.8, 4) is 5.75 Å². The Morgan fingerprint density at radius 1 is 1.33 bits per heavy atom.